The molecule has 4 rings (SSSR count). The van der Waals surface area contributed by atoms with Gasteiger partial charge >= 0.3 is 0 Å². The Kier molecular flexibility index (Phi) is 6.23. The molecule has 0 aliphatic carbocycles. The fourth-order valence-corrected chi connectivity index (χ4v) is 4.38. The molecule has 1 aliphatic rings. The number of nitrogens with zero attached hydrogens (tertiary/aromatic N) is 4. The Bertz CT molecular complexity index is 901. The summed E-state index contributed by atoms with van der Waals surface area (Å²) in [4.78, 5) is 3.15. The van der Waals surface area contributed by atoms with Gasteiger partial charge < -0.3 is 9.80 Å². The van der Waals surface area contributed by atoms with E-state index in [1.165, 1.54) is 16.0 Å². The van der Waals surface area contributed by atoms with Gasteiger partial charge in [0, 0.05) is 16.1 Å². The standard InChI is InChI=1S/C22H27ClN6/c1-17(2)29-22(24-25-26-29)21(19-8-10-20(23)11-9-19)28-14-12-27(13-15-28)16-18-6-4-3-5-7-18/h3-11,17,21H,12-16H2,1-2H3/p+2/t21-/m1/s1. The normalized spacial score (nSPS) is 20.7. The molecule has 1 fully saturated rings. The largest absolute Gasteiger partial charge is 0.322 e. The van der Waals surface area contributed by atoms with Crippen LogP contribution in [0.15, 0.2) is 54.6 Å². The third kappa shape index (κ3) is 4.66. The predicted octanol–water partition coefficient (Wildman–Crippen LogP) is 0.980. The highest BCUT2D eigenvalue weighted by molar-refractivity contribution is 6.30. The number of piperazine rings is 1. The molecule has 1 aromatic heterocycles. The molecule has 0 amide bonds. The first-order valence-corrected chi connectivity index (χ1v) is 10.7. The van der Waals surface area contributed by atoms with Crippen molar-refractivity contribution in [2.75, 3.05) is 26.2 Å². The Balaban J connectivity index is 1.54. The summed E-state index contributed by atoms with van der Waals surface area (Å²) in [5.74, 6) is 0.934. The summed E-state index contributed by atoms with van der Waals surface area (Å²) in [6, 6.07) is 19.3. The Morgan fingerprint density at radius 3 is 2.31 bits per heavy atom. The molecule has 0 saturated carbocycles. The summed E-state index contributed by atoms with van der Waals surface area (Å²) in [6.45, 7) is 9.77. The van der Waals surface area contributed by atoms with Gasteiger partial charge in [-0.25, -0.2) is 4.68 Å². The van der Waals surface area contributed by atoms with Crippen LogP contribution in [0, 0.1) is 0 Å². The summed E-state index contributed by atoms with van der Waals surface area (Å²) in [5.41, 5.74) is 2.62. The third-order valence-electron chi connectivity index (χ3n) is 5.77. The van der Waals surface area contributed by atoms with Crippen LogP contribution in [0.3, 0.4) is 0 Å². The monoisotopic (exact) mass is 412 g/mol. The average molecular weight is 413 g/mol. The van der Waals surface area contributed by atoms with E-state index in [1.54, 1.807) is 4.90 Å². The molecule has 6 nitrogen and oxygen atoms in total. The highest BCUT2D eigenvalue weighted by atomic mass is 35.5. The maximum Gasteiger partial charge on any atom is 0.214 e. The van der Waals surface area contributed by atoms with Crippen LogP contribution in [0.4, 0.5) is 0 Å². The van der Waals surface area contributed by atoms with E-state index in [-0.39, 0.29) is 12.1 Å². The van der Waals surface area contributed by atoms with Gasteiger partial charge in [0.2, 0.25) is 5.82 Å². The lowest BCUT2D eigenvalue weighted by atomic mass is 10.0. The van der Waals surface area contributed by atoms with Crippen molar-refractivity contribution < 1.29 is 9.80 Å². The van der Waals surface area contributed by atoms with Gasteiger partial charge in [-0.05, 0) is 36.4 Å². The van der Waals surface area contributed by atoms with E-state index < -0.39 is 0 Å². The number of nitrogens with one attached hydrogen (secondary N) is 2. The van der Waals surface area contributed by atoms with E-state index in [4.69, 9.17) is 11.6 Å². The number of hydrogen-bond donors (Lipinski definition) is 2. The average Bonchev–Trinajstić information content (AvgIpc) is 3.21. The number of rotatable bonds is 6. The van der Waals surface area contributed by atoms with Gasteiger partial charge in [-0.3, -0.25) is 0 Å². The molecule has 0 spiro atoms. The molecule has 0 bridgehead atoms. The van der Waals surface area contributed by atoms with Gasteiger partial charge in [-0.2, -0.15) is 0 Å². The van der Waals surface area contributed by atoms with Crippen LogP contribution < -0.4 is 9.80 Å². The van der Waals surface area contributed by atoms with E-state index in [9.17, 15) is 0 Å². The van der Waals surface area contributed by atoms with E-state index in [0.29, 0.717) is 0 Å². The fraction of sp³-hybridized carbons (Fsp3) is 0.409. The molecule has 2 N–H and O–H groups in total. The maximum atomic E-state index is 6.15. The van der Waals surface area contributed by atoms with Crippen LogP contribution in [0.1, 0.15) is 42.9 Å². The Hall–Kier alpha value is -2.28. The summed E-state index contributed by atoms with van der Waals surface area (Å²) < 4.78 is 1.95. The van der Waals surface area contributed by atoms with Crippen molar-refractivity contribution in [1.82, 2.24) is 20.2 Å². The van der Waals surface area contributed by atoms with Crippen molar-refractivity contribution in [3.05, 3.63) is 76.6 Å². The number of aromatic nitrogens is 4. The van der Waals surface area contributed by atoms with Crippen molar-refractivity contribution in [2.24, 2.45) is 0 Å². The van der Waals surface area contributed by atoms with Gasteiger partial charge in [0.1, 0.15) is 32.7 Å². The van der Waals surface area contributed by atoms with Crippen molar-refractivity contribution in [3.63, 3.8) is 0 Å². The number of hydrogen-bond acceptors (Lipinski definition) is 3. The number of quaternary nitrogens is 2. The zero-order valence-electron chi connectivity index (χ0n) is 17.1. The molecule has 0 unspecified atom stereocenters. The zero-order chi connectivity index (χ0) is 20.2. The molecule has 7 heteroatoms. The summed E-state index contributed by atoms with van der Waals surface area (Å²) in [5, 5.41) is 13.4. The topological polar surface area (TPSA) is 52.5 Å². The van der Waals surface area contributed by atoms with Crippen LogP contribution in [0.25, 0.3) is 0 Å². The number of benzene rings is 2. The van der Waals surface area contributed by atoms with E-state index >= 15 is 0 Å². The molecular formula is C22H29ClN6+2. The summed E-state index contributed by atoms with van der Waals surface area (Å²) in [7, 11) is 0. The van der Waals surface area contributed by atoms with Gasteiger partial charge in [0.25, 0.3) is 0 Å². The van der Waals surface area contributed by atoms with E-state index in [1.807, 2.05) is 16.8 Å². The molecule has 3 aromatic rings. The first-order valence-electron chi connectivity index (χ1n) is 10.4. The minimum atomic E-state index is 0.114. The molecule has 1 saturated heterocycles. The summed E-state index contributed by atoms with van der Waals surface area (Å²) >= 11 is 6.15. The second kappa shape index (κ2) is 9.03. The minimum Gasteiger partial charge on any atom is -0.322 e. The fourth-order valence-electron chi connectivity index (χ4n) is 4.26. The molecule has 1 aliphatic heterocycles. The zero-order valence-corrected chi connectivity index (χ0v) is 17.8. The number of halogens is 1. The lowest BCUT2D eigenvalue weighted by Crippen LogP contribution is -3.27. The predicted molar refractivity (Wildman–Crippen MR) is 113 cm³/mol. The quantitative estimate of drug-likeness (QED) is 0.634. The van der Waals surface area contributed by atoms with Gasteiger partial charge in [-0.15, -0.1) is 5.10 Å². The lowest BCUT2D eigenvalue weighted by molar-refractivity contribution is -1.03. The second-order valence-electron chi connectivity index (χ2n) is 8.13. The molecule has 1 atom stereocenters. The third-order valence-corrected chi connectivity index (χ3v) is 6.03. The highest BCUT2D eigenvalue weighted by Crippen LogP contribution is 2.21. The van der Waals surface area contributed by atoms with Crippen LogP contribution >= 0.6 is 11.6 Å². The van der Waals surface area contributed by atoms with Crippen molar-refractivity contribution in [3.8, 4) is 0 Å². The molecular weight excluding hydrogens is 384 g/mol. The molecule has 152 valence electrons. The summed E-state index contributed by atoms with van der Waals surface area (Å²) in [6.07, 6.45) is 0. The smallest absolute Gasteiger partial charge is 0.214 e. The van der Waals surface area contributed by atoms with E-state index in [2.05, 4.69) is 71.8 Å². The van der Waals surface area contributed by atoms with Crippen LogP contribution in [-0.4, -0.2) is 46.4 Å². The Morgan fingerprint density at radius 2 is 1.66 bits per heavy atom. The van der Waals surface area contributed by atoms with Crippen LogP contribution in [-0.2, 0) is 6.54 Å². The Labute approximate surface area is 177 Å². The van der Waals surface area contributed by atoms with Gasteiger partial charge in [-0.1, -0.05) is 54.1 Å². The van der Waals surface area contributed by atoms with Crippen molar-refractivity contribution in [1.29, 1.82) is 0 Å². The SMILES string of the molecule is CC(C)n1nnnc1[C@@H](c1ccc(Cl)cc1)[NH+]1CC[NH+](Cc2ccccc2)CC1. The lowest BCUT2D eigenvalue weighted by Gasteiger charge is -2.34. The second-order valence-corrected chi connectivity index (χ2v) is 8.57. The first-order chi connectivity index (χ1) is 14.1. The Morgan fingerprint density at radius 1 is 0.966 bits per heavy atom. The molecule has 29 heavy (non-hydrogen) atoms. The molecule has 2 aromatic carbocycles. The minimum absolute atomic E-state index is 0.114. The van der Waals surface area contributed by atoms with Crippen molar-refractivity contribution in [2.45, 2.75) is 32.5 Å². The maximum absolute atomic E-state index is 6.15. The van der Waals surface area contributed by atoms with Crippen LogP contribution in [0.5, 0.6) is 0 Å². The number of tetrazole rings is 1. The first kappa shape index (κ1) is 20.0. The molecule has 2 heterocycles. The highest BCUT2D eigenvalue weighted by Gasteiger charge is 2.35. The van der Waals surface area contributed by atoms with Crippen molar-refractivity contribution >= 4 is 11.6 Å². The molecule has 0 radical (unpaired) electrons. The van der Waals surface area contributed by atoms with Gasteiger partial charge in [0.15, 0.2) is 6.04 Å². The van der Waals surface area contributed by atoms with Gasteiger partial charge in [0.05, 0.1) is 6.04 Å². The van der Waals surface area contributed by atoms with Crippen LogP contribution in [0.2, 0.25) is 5.02 Å². The van der Waals surface area contributed by atoms with E-state index in [0.717, 1.165) is 43.6 Å².